The lowest BCUT2D eigenvalue weighted by atomic mass is 9.93. The van der Waals surface area contributed by atoms with Crippen LogP contribution in [-0.2, 0) is 4.79 Å². The Bertz CT molecular complexity index is 703. The van der Waals surface area contributed by atoms with Crippen molar-refractivity contribution in [2.45, 2.75) is 62.6 Å². The molecule has 1 amide bonds. The van der Waals surface area contributed by atoms with Gasteiger partial charge in [-0.3, -0.25) is 4.79 Å². The summed E-state index contributed by atoms with van der Waals surface area (Å²) in [7, 11) is 0. The molecule has 0 bridgehead atoms. The number of thioether (sulfide) groups is 1. The van der Waals surface area contributed by atoms with Gasteiger partial charge in [0.15, 0.2) is 6.10 Å². The maximum absolute atomic E-state index is 12.8. The van der Waals surface area contributed by atoms with Crippen molar-refractivity contribution in [3.8, 4) is 0 Å². The van der Waals surface area contributed by atoms with Gasteiger partial charge in [-0.2, -0.15) is 0 Å². The van der Waals surface area contributed by atoms with Gasteiger partial charge in [0.2, 0.25) is 0 Å². The lowest BCUT2D eigenvalue weighted by molar-refractivity contribution is -0.150. The lowest BCUT2D eigenvalue weighted by Crippen LogP contribution is -2.54. The molecule has 1 aliphatic heterocycles. The molecular formula is C20H29N3O4S. The molecule has 8 heteroatoms. The number of rotatable bonds is 8. The summed E-state index contributed by atoms with van der Waals surface area (Å²) >= 11 is 1.57. The van der Waals surface area contributed by atoms with Crippen LogP contribution < -0.4 is 10.2 Å². The van der Waals surface area contributed by atoms with Gasteiger partial charge in [-0.25, -0.2) is 9.78 Å². The van der Waals surface area contributed by atoms with Crippen molar-refractivity contribution in [1.29, 1.82) is 0 Å². The number of carboxylic acid groups (broad SMARTS) is 1. The summed E-state index contributed by atoms with van der Waals surface area (Å²) in [6.45, 7) is 2.99. The first-order chi connectivity index (χ1) is 13.5. The zero-order valence-corrected chi connectivity index (χ0v) is 17.1. The number of carbonyl (C=O) groups is 2. The number of nitrogens with one attached hydrogen (secondary N) is 1. The number of amides is 1. The molecule has 2 fully saturated rings. The van der Waals surface area contributed by atoms with Gasteiger partial charge in [-0.1, -0.05) is 26.2 Å². The van der Waals surface area contributed by atoms with Gasteiger partial charge in [-0.05, 0) is 37.1 Å². The molecule has 2 heterocycles. The van der Waals surface area contributed by atoms with Crippen molar-refractivity contribution in [1.82, 2.24) is 10.3 Å². The molecule has 28 heavy (non-hydrogen) atoms. The molecule has 1 aliphatic carbocycles. The van der Waals surface area contributed by atoms with Gasteiger partial charge < -0.3 is 20.4 Å². The summed E-state index contributed by atoms with van der Waals surface area (Å²) in [5.74, 6) is 0.0569. The van der Waals surface area contributed by atoms with E-state index in [1.54, 1.807) is 11.8 Å². The van der Waals surface area contributed by atoms with Gasteiger partial charge in [0, 0.05) is 25.0 Å². The van der Waals surface area contributed by atoms with Crippen LogP contribution >= 0.6 is 11.8 Å². The highest BCUT2D eigenvalue weighted by Gasteiger charge is 2.37. The summed E-state index contributed by atoms with van der Waals surface area (Å²) in [4.78, 5) is 30.3. The molecule has 1 saturated heterocycles. The van der Waals surface area contributed by atoms with Crippen molar-refractivity contribution in [3.63, 3.8) is 0 Å². The smallest absolute Gasteiger partial charge is 0.332 e. The van der Waals surface area contributed by atoms with Crippen LogP contribution in [0, 0.1) is 5.92 Å². The molecule has 0 radical (unpaired) electrons. The predicted octanol–water partition coefficient (Wildman–Crippen LogP) is 2.53. The molecular weight excluding hydrogens is 378 g/mol. The number of nitrogens with zero attached hydrogens (tertiary/aromatic N) is 2. The fourth-order valence-electron chi connectivity index (χ4n) is 3.70. The second kappa shape index (κ2) is 9.60. The highest BCUT2D eigenvalue weighted by atomic mass is 32.2. The molecule has 154 valence electrons. The Labute approximate surface area is 169 Å². The lowest BCUT2D eigenvalue weighted by Gasteiger charge is -2.41. The molecule has 0 aromatic carbocycles. The van der Waals surface area contributed by atoms with E-state index in [0.717, 1.165) is 48.7 Å². The summed E-state index contributed by atoms with van der Waals surface area (Å²) < 4.78 is 0. The Morgan fingerprint density at radius 1 is 1.29 bits per heavy atom. The standard InChI is InChI=1S/C20H29N3O4S/c1-2-10-28-19-15(18(25)21-14-6-4-3-5-7-14)8-9-16(22-19)23-11-13(12-23)17(24)20(26)27/h8-9,13-14,17,24H,2-7,10-12H2,1H3,(H,21,25)(H,26,27). The van der Waals surface area contributed by atoms with E-state index in [0.29, 0.717) is 18.7 Å². The molecule has 1 unspecified atom stereocenters. The van der Waals surface area contributed by atoms with E-state index in [-0.39, 0.29) is 17.9 Å². The Morgan fingerprint density at radius 2 is 2.00 bits per heavy atom. The van der Waals surface area contributed by atoms with Crippen LogP contribution in [0.15, 0.2) is 17.2 Å². The van der Waals surface area contributed by atoms with E-state index >= 15 is 0 Å². The van der Waals surface area contributed by atoms with E-state index in [1.165, 1.54) is 6.42 Å². The zero-order chi connectivity index (χ0) is 20.1. The number of hydrogen-bond acceptors (Lipinski definition) is 6. The number of hydrogen-bond donors (Lipinski definition) is 3. The van der Waals surface area contributed by atoms with Gasteiger partial charge >= 0.3 is 5.97 Å². The molecule has 0 spiro atoms. The van der Waals surface area contributed by atoms with Crippen molar-refractivity contribution in [2.24, 2.45) is 5.92 Å². The van der Waals surface area contributed by atoms with Crippen molar-refractivity contribution in [3.05, 3.63) is 17.7 Å². The third kappa shape index (κ3) is 4.97. The number of aliphatic hydroxyl groups excluding tert-OH is 1. The van der Waals surface area contributed by atoms with Crippen molar-refractivity contribution < 1.29 is 19.8 Å². The van der Waals surface area contributed by atoms with Crippen molar-refractivity contribution in [2.75, 3.05) is 23.7 Å². The van der Waals surface area contributed by atoms with Gasteiger partial charge in [-0.15, -0.1) is 11.8 Å². The average Bonchev–Trinajstić information content (AvgIpc) is 2.65. The normalized spacial score (nSPS) is 19.1. The maximum Gasteiger partial charge on any atom is 0.332 e. The van der Waals surface area contributed by atoms with Crippen LogP contribution in [0.1, 0.15) is 55.8 Å². The molecule has 7 nitrogen and oxygen atoms in total. The van der Waals surface area contributed by atoms with E-state index in [2.05, 4.69) is 17.2 Å². The Morgan fingerprint density at radius 3 is 2.64 bits per heavy atom. The predicted molar refractivity (Wildman–Crippen MR) is 109 cm³/mol. The van der Waals surface area contributed by atoms with Gasteiger partial charge in [0.25, 0.3) is 5.91 Å². The quantitative estimate of drug-likeness (QED) is 0.569. The number of pyridine rings is 1. The highest BCUT2D eigenvalue weighted by Crippen LogP contribution is 2.30. The Kier molecular flexibility index (Phi) is 7.18. The molecule has 1 atom stereocenters. The third-order valence-electron chi connectivity index (χ3n) is 5.41. The van der Waals surface area contributed by atoms with E-state index in [4.69, 9.17) is 5.11 Å². The topological polar surface area (TPSA) is 103 Å². The maximum atomic E-state index is 12.8. The second-order valence-electron chi connectivity index (χ2n) is 7.63. The highest BCUT2D eigenvalue weighted by molar-refractivity contribution is 7.99. The minimum atomic E-state index is -1.34. The number of aliphatic hydroxyl groups is 1. The Balaban J connectivity index is 1.69. The molecule has 2 aliphatic rings. The molecule has 1 saturated carbocycles. The second-order valence-corrected chi connectivity index (χ2v) is 8.71. The van der Waals surface area contributed by atoms with E-state index in [9.17, 15) is 14.7 Å². The molecule has 3 N–H and O–H groups in total. The Hall–Kier alpha value is -1.80. The van der Waals surface area contributed by atoms with Crippen LogP contribution in [-0.4, -0.2) is 58.1 Å². The van der Waals surface area contributed by atoms with Gasteiger partial charge in [0.1, 0.15) is 10.8 Å². The minimum absolute atomic E-state index is 0.0626. The van der Waals surface area contributed by atoms with E-state index < -0.39 is 12.1 Å². The SMILES string of the molecule is CCCSc1nc(N2CC(C(O)C(=O)O)C2)ccc1C(=O)NC1CCCCC1. The first-order valence-corrected chi connectivity index (χ1v) is 11.1. The van der Waals surface area contributed by atoms with Crippen molar-refractivity contribution >= 4 is 29.5 Å². The summed E-state index contributed by atoms with van der Waals surface area (Å²) in [5.41, 5.74) is 0.607. The van der Waals surface area contributed by atoms with Crippen LogP contribution in [0.5, 0.6) is 0 Å². The van der Waals surface area contributed by atoms with Crippen LogP contribution in [0.3, 0.4) is 0 Å². The van der Waals surface area contributed by atoms with Gasteiger partial charge in [0.05, 0.1) is 5.56 Å². The number of aromatic nitrogens is 1. The monoisotopic (exact) mass is 407 g/mol. The third-order valence-corrected chi connectivity index (χ3v) is 6.60. The van der Waals surface area contributed by atoms with Crippen LogP contribution in [0.2, 0.25) is 0 Å². The largest absolute Gasteiger partial charge is 0.479 e. The number of carbonyl (C=O) groups excluding carboxylic acids is 1. The fourth-order valence-corrected chi connectivity index (χ4v) is 4.57. The van der Waals surface area contributed by atoms with Crippen LogP contribution in [0.4, 0.5) is 5.82 Å². The average molecular weight is 408 g/mol. The minimum Gasteiger partial charge on any atom is -0.479 e. The summed E-state index contributed by atoms with van der Waals surface area (Å²) in [6, 6.07) is 3.88. The zero-order valence-electron chi connectivity index (χ0n) is 16.3. The molecule has 3 rings (SSSR count). The van der Waals surface area contributed by atoms with E-state index in [1.807, 2.05) is 17.0 Å². The summed E-state index contributed by atoms with van der Waals surface area (Å²) in [6.07, 6.45) is 5.29. The first kappa shape index (κ1) is 20.9. The molecule has 1 aromatic rings. The number of aliphatic carboxylic acids is 1. The number of anilines is 1. The fraction of sp³-hybridized carbons (Fsp3) is 0.650. The van der Waals surface area contributed by atoms with Crippen LogP contribution in [0.25, 0.3) is 0 Å². The number of carboxylic acids is 1. The molecule has 1 aromatic heterocycles. The first-order valence-electron chi connectivity index (χ1n) is 10.1. The summed E-state index contributed by atoms with van der Waals surface area (Å²) in [5, 5.41) is 22.4.